The number of hydrogen-bond acceptors (Lipinski definition) is 7. The van der Waals surface area contributed by atoms with Gasteiger partial charge in [-0.25, -0.2) is 4.68 Å². The van der Waals surface area contributed by atoms with Crippen LogP contribution in [-0.4, -0.2) is 58.1 Å². The largest absolute Gasteiger partial charge is 0.493 e. The summed E-state index contributed by atoms with van der Waals surface area (Å²) >= 11 is 0. The van der Waals surface area contributed by atoms with Crippen LogP contribution in [0.1, 0.15) is 32.9 Å². The van der Waals surface area contributed by atoms with E-state index in [0.29, 0.717) is 17.9 Å². The number of carbonyl (C=O) groups excluding carboxylic acids is 1. The van der Waals surface area contributed by atoms with Crippen molar-refractivity contribution in [3.05, 3.63) is 125 Å². The first-order chi connectivity index (χ1) is 23.1. The molecular formula is C37H37N7O3. The molecule has 3 N–H and O–H groups in total. The Bertz CT molecular complexity index is 1980. The molecule has 7 rings (SSSR count). The molecule has 3 heterocycles. The molecule has 2 aromatic heterocycles. The lowest BCUT2D eigenvalue weighted by molar-refractivity contribution is 0.102. The number of anilines is 2. The minimum atomic E-state index is -0.201. The van der Waals surface area contributed by atoms with E-state index in [1.807, 2.05) is 60.8 Å². The second-order valence-corrected chi connectivity index (χ2v) is 11.7. The molecule has 0 unspecified atom stereocenters. The van der Waals surface area contributed by atoms with Gasteiger partial charge >= 0.3 is 0 Å². The fraction of sp³-hybridized carbons (Fsp3) is 0.216. The third-order valence-corrected chi connectivity index (χ3v) is 8.67. The fourth-order valence-electron chi connectivity index (χ4n) is 6.06. The monoisotopic (exact) mass is 627 g/mol. The summed E-state index contributed by atoms with van der Waals surface area (Å²) < 4.78 is 12.8. The van der Waals surface area contributed by atoms with Crippen molar-refractivity contribution in [1.82, 2.24) is 24.9 Å². The molecule has 1 aliphatic rings. The molecule has 47 heavy (non-hydrogen) atoms. The Morgan fingerprint density at radius 3 is 2.43 bits per heavy atom. The molecule has 0 aliphatic carbocycles. The van der Waals surface area contributed by atoms with Gasteiger partial charge in [0.15, 0.2) is 11.5 Å². The van der Waals surface area contributed by atoms with E-state index < -0.39 is 0 Å². The van der Waals surface area contributed by atoms with E-state index in [0.717, 1.165) is 71.9 Å². The number of nitrogens with zero attached hydrogens (tertiary/aromatic N) is 4. The number of nitrogens with one attached hydrogen (secondary N) is 3. The Kier molecular flexibility index (Phi) is 8.57. The van der Waals surface area contributed by atoms with E-state index in [-0.39, 0.29) is 5.91 Å². The number of fused-ring (bicyclic) bond motifs is 2. The van der Waals surface area contributed by atoms with Crippen molar-refractivity contribution >= 4 is 28.2 Å². The van der Waals surface area contributed by atoms with E-state index in [9.17, 15) is 4.79 Å². The maximum absolute atomic E-state index is 13.0. The van der Waals surface area contributed by atoms with Crippen molar-refractivity contribution in [3.63, 3.8) is 0 Å². The summed E-state index contributed by atoms with van der Waals surface area (Å²) in [5, 5.41) is 16.1. The molecule has 0 atom stereocenters. The molecule has 0 bridgehead atoms. The maximum Gasteiger partial charge on any atom is 0.272 e. The van der Waals surface area contributed by atoms with Gasteiger partial charge in [-0.05, 0) is 78.1 Å². The lowest BCUT2D eigenvalue weighted by Gasteiger charge is -2.29. The summed E-state index contributed by atoms with van der Waals surface area (Å²) in [6, 6.07) is 30.0. The molecule has 238 valence electrons. The summed E-state index contributed by atoms with van der Waals surface area (Å²) in [6.07, 6.45) is 3.89. The van der Waals surface area contributed by atoms with Crippen molar-refractivity contribution in [2.24, 2.45) is 0 Å². The zero-order valence-corrected chi connectivity index (χ0v) is 26.5. The molecule has 0 radical (unpaired) electrons. The van der Waals surface area contributed by atoms with Gasteiger partial charge in [-0.3, -0.25) is 9.69 Å². The average Bonchev–Trinajstić information content (AvgIpc) is 3.78. The van der Waals surface area contributed by atoms with Crippen molar-refractivity contribution in [3.8, 4) is 17.2 Å². The molecular weight excluding hydrogens is 590 g/mol. The number of para-hydroxylation sites is 3. The topological polar surface area (TPSA) is 109 Å². The molecule has 0 saturated heterocycles. The number of H-pyrrole nitrogens is 1. The molecule has 10 heteroatoms. The smallest absolute Gasteiger partial charge is 0.272 e. The average molecular weight is 628 g/mol. The lowest BCUT2D eigenvalue weighted by Crippen LogP contribution is -2.32. The minimum Gasteiger partial charge on any atom is -0.493 e. The van der Waals surface area contributed by atoms with E-state index in [1.165, 1.54) is 16.7 Å². The number of aromatic nitrogens is 4. The van der Waals surface area contributed by atoms with Crippen LogP contribution < -0.4 is 20.1 Å². The van der Waals surface area contributed by atoms with E-state index >= 15 is 0 Å². The van der Waals surface area contributed by atoms with E-state index in [1.54, 1.807) is 18.9 Å². The minimum absolute atomic E-state index is 0.201. The molecule has 0 spiro atoms. The Morgan fingerprint density at radius 2 is 1.64 bits per heavy atom. The molecule has 6 aromatic rings. The number of benzene rings is 4. The summed E-state index contributed by atoms with van der Waals surface area (Å²) in [4.78, 5) is 18.7. The summed E-state index contributed by atoms with van der Waals surface area (Å²) in [7, 11) is 3.37. The van der Waals surface area contributed by atoms with E-state index in [2.05, 4.69) is 67.2 Å². The van der Waals surface area contributed by atoms with Gasteiger partial charge in [0, 0.05) is 30.5 Å². The van der Waals surface area contributed by atoms with Gasteiger partial charge in [0.05, 0.1) is 44.0 Å². The van der Waals surface area contributed by atoms with Crippen molar-refractivity contribution in [1.29, 1.82) is 0 Å². The Morgan fingerprint density at radius 1 is 0.894 bits per heavy atom. The number of aromatic amines is 1. The predicted octanol–water partition coefficient (Wildman–Crippen LogP) is 6.23. The SMILES string of the molecule is COc1cc2c(cc1OC)CN(CCc1ccc(-n3cc(CNc4ccccc4NC(=O)c4cc5ccccc5[nH]4)nn3)cc1)CC2. The van der Waals surface area contributed by atoms with Crippen LogP contribution in [0.15, 0.2) is 97.2 Å². The maximum atomic E-state index is 13.0. The third kappa shape index (κ3) is 6.68. The number of hydrogen-bond donors (Lipinski definition) is 3. The molecule has 0 saturated carbocycles. The number of carbonyl (C=O) groups is 1. The first-order valence-electron chi connectivity index (χ1n) is 15.7. The van der Waals surface area contributed by atoms with Gasteiger partial charge in [-0.2, -0.15) is 0 Å². The molecule has 1 aliphatic heterocycles. The summed E-state index contributed by atoms with van der Waals surface area (Å²) in [6.45, 7) is 3.37. The number of rotatable bonds is 11. The first kappa shape index (κ1) is 30.1. The second kappa shape index (κ2) is 13.4. The van der Waals surface area contributed by atoms with Crippen LogP contribution in [0.25, 0.3) is 16.6 Å². The van der Waals surface area contributed by atoms with Gasteiger partial charge in [0.2, 0.25) is 0 Å². The second-order valence-electron chi connectivity index (χ2n) is 11.7. The zero-order chi connectivity index (χ0) is 32.2. The highest BCUT2D eigenvalue weighted by Crippen LogP contribution is 2.33. The van der Waals surface area contributed by atoms with Gasteiger partial charge in [0.1, 0.15) is 11.4 Å². The van der Waals surface area contributed by atoms with Crippen LogP contribution in [0.5, 0.6) is 11.5 Å². The van der Waals surface area contributed by atoms with Crippen molar-refractivity contribution in [2.45, 2.75) is 25.9 Å². The Hall–Kier alpha value is -5.61. The highest BCUT2D eigenvalue weighted by molar-refractivity contribution is 6.07. The third-order valence-electron chi connectivity index (χ3n) is 8.67. The van der Waals surface area contributed by atoms with Crippen LogP contribution in [0.3, 0.4) is 0 Å². The van der Waals surface area contributed by atoms with Crippen LogP contribution in [0.2, 0.25) is 0 Å². The number of methoxy groups -OCH3 is 2. The van der Waals surface area contributed by atoms with Gasteiger partial charge in [0.25, 0.3) is 5.91 Å². The number of amides is 1. The Labute approximate surface area is 273 Å². The van der Waals surface area contributed by atoms with Crippen molar-refractivity contribution in [2.75, 3.05) is 37.9 Å². The van der Waals surface area contributed by atoms with E-state index in [4.69, 9.17) is 9.47 Å². The zero-order valence-electron chi connectivity index (χ0n) is 26.5. The van der Waals surface area contributed by atoms with Crippen molar-refractivity contribution < 1.29 is 14.3 Å². The first-order valence-corrected chi connectivity index (χ1v) is 15.7. The highest BCUT2D eigenvalue weighted by Gasteiger charge is 2.19. The van der Waals surface area contributed by atoms with Crippen LogP contribution >= 0.6 is 0 Å². The summed E-state index contributed by atoms with van der Waals surface area (Å²) in [5.74, 6) is 1.38. The molecule has 0 fully saturated rings. The molecule has 10 nitrogen and oxygen atoms in total. The van der Waals surface area contributed by atoms with Gasteiger partial charge in [-0.1, -0.05) is 47.7 Å². The summed E-state index contributed by atoms with van der Waals surface area (Å²) in [5.41, 5.74) is 8.57. The quantitative estimate of drug-likeness (QED) is 0.156. The van der Waals surface area contributed by atoms with Gasteiger partial charge < -0.3 is 25.1 Å². The number of ether oxygens (including phenoxy) is 2. The van der Waals surface area contributed by atoms with Crippen LogP contribution in [0, 0.1) is 0 Å². The fourth-order valence-corrected chi connectivity index (χ4v) is 6.06. The van der Waals surface area contributed by atoms with Gasteiger partial charge in [-0.15, -0.1) is 5.10 Å². The van der Waals surface area contributed by atoms with Crippen LogP contribution in [0.4, 0.5) is 11.4 Å². The predicted molar refractivity (Wildman–Crippen MR) is 184 cm³/mol. The molecule has 1 amide bonds. The Balaban J connectivity index is 0.931. The standard InChI is InChI=1S/C37H37N7O3/c1-46-35-20-26-16-18-43(23-28(26)21-36(35)47-2)17-15-25-11-13-30(14-12-25)44-24-29(41-42-44)22-38-32-9-5-6-10-33(32)40-37(45)34-19-27-7-3-4-8-31(27)39-34/h3-14,19-21,24,38-39H,15-18,22-23H2,1-2H3,(H,40,45). The lowest BCUT2D eigenvalue weighted by atomic mass is 9.98. The highest BCUT2D eigenvalue weighted by atomic mass is 16.5. The normalized spacial score (nSPS) is 12.9. The van der Waals surface area contributed by atoms with Crippen LogP contribution in [-0.2, 0) is 25.9 Å². The molecule has 4 aromatic carbocycles.